The van der Waals surface area contributed by atoms with Gasteiger partial charge in [-0.05, 0) is 49.4 Å². The number of nitrogens with zero attached hydrogens (tertiary/aromatic N) is 1. The number of rotatable bonds is 3. The van der Waals surface area contributed by atoms with Crippen LogP contribution >= 0.6 is 0 Å². The van der Waals surface area contributed by atoms with Crippen molar-refractivity contribution in [2.75, 3.05) is 7.05 Å². The van der Waals surface area contributed by atoms with Crippen molar-refractivity contribution < 1.29 is 4.39 Å². The molecule has 2 rings (SSSR count). The summed E-state index contributed by atoms with van der Waals surface area (Å²) in [7, 11) is 1.89. The summed E-state index contributed by atoms with van der Waals surface area (Å²) in [4.78, 5) is 3.94. The van der Waals surface area contributed by atoms with Gasteiger partial charge in [-0.3, -0.25) is 4.98 Å². The van der Waals surface area contributed by atoms with Crippen LogP contribution in [-0.4, -0.2) is 12.0 Å². The van der Waals surface area contributed by atoms with Gasteiger partial charge in [-0.25, -0.2) is 4.39 Å². The van der Waals surface area contributed by atoms with Gasteiger partial charge in [-0.15, -0.1) is 0 Å². The van der Waals surface area contributed by atoms with Crippen LogP contribution in [0.2, 0.25) is 0 Å². The summed E-state index contributed by atoms with van der Waals surface area (Å²) in [6.45, 7) is 2.05. The fraction of sp³-hybridized carbons (Fsp3) is 0.214. The lowest BCUT2D eigenvalue weighted by Crippen LogP contribution is -2.12. The summed E-state index contributed by atoms with van der Waals surface area (Å²) < 4.78 is 13.8. The van der Waals surface area contributed by atoms with E-state index >= 15 is 0 Å². The van der Waals surface area contributed by atoms with E-state index in [-0.39, 0.29) is 11.9 Å². The molecule has 2 aromatic rings. The molecule has 17 heavy (non-hydrogen) atoms. The first-order chi connectivity index (χ1) is 8.22. The molecule has 0 aliphatic heterocycles. The molecule has 0 aliphatic carbocycles. The normalized spacial score (nSPS) is 12.4. The zero-order valence-electron chi connectivity index (χ0n) is 9.94. The molecule has 0 spiro atoms. The van der Waals surface area contributed by atoms with Crippen LogP contribution in [0.4, 0.5) is 4.39 Å². The van der Waals surface area contributed by atoms with Crippen molar-refractivity contribution in [3.63, 3.8) is 0 Å². The number of aromatic nitrogens is 1. The van der Waals surface area contributed by atoms with E-state index in [0.29, 0.717) is 5.56 Å². The molecule has 1 atom stereocenters. The molecular formula is C14H15FN2. The Kier molecular flexibility index (Phi) is 3.49. The molecule has 1 heterocycles. The zero-order chi connectivity index (χ0) is 12.3. The first kappa shape index (κ1) is 11.7. The van der Waals surface area contributed by atoms with E-state index in [1.165, 1.54) is 6.07 Å². The third kappa shape index (κ3) is 2.50. The fourth-order valence-corrected chi connectivity index (χ4v) is 1.73. The summed E-state index contributed by atoms with van der Waals surface area (Å²) in [6, 6.07) is 9.03. The molecule has 0 radical (unpaired) electrons. The number of hydrogen-bond acceptors (Lipinski definition) is 2. The highest BCUT2D eigenvalue weighted by atomic mass is 19.1. The van der Waals surface area contributed by atoms with Crippen molar-refractivity contribution in [3.05, 3.63) is 54.1 Å². The minimum absolute atomic E-state index is 0.205. The van der Waals surface area contributed by atoms with Crippen LogP contribution in [0.15, 0.2) is 42.7 Å². The number of halogens is 1. The number of hydrogen-bond donors (Lipinski definition) is 1. The third-order valence-corrected chi connectivity index (χ3v) is 2.91. The lowest BCUT2D eigenvalue weighted by atomic mass is 10.0. The van der Waals surface area contributed by atoms with Crippen LogP contribution in [0.1, 0.15) is 18.5 Å². The molecule has 0 saturated carbocycles. The van der Waals surface area contributed by atoms with Gasteiger partial charge in [0.05, 0.1) is 0 Å². The van der Waals surface area contributed by atoms with Crippen LogP contribution in [0.25, 0.3) is 11.1 Å². The summed E-state index contributed by atoms with van der Waals surface area (Å²) in [5, 5.41) is 3.14. The molecule has 0 amide bonds. The van der Waals surface area contributed by atoms with Crippen molar-refractivity contribution in [2.45, 2.75) is 13.0 Å². The highest BCUT2D eigenvalue weighted by molar-refractivity contribution is 5.64. The lowest BCUT2D eigenvalue weighted by Gasteiger charge is -2.12. The van der Waals surface area contributed by atoms with Gasteiger partial charge in [-0.1, -0.05) is 6.07 Å². The van der Waals surface area contributed by atoms with Crippen LogP contribution < -0.4 is 5.32 Å². The molecule has 0 fully saturated rings. The first-order valence-electron chi connectivity index (χ1n) is 5.59. The van der Waals surface area contributed by atoms with Crippen LogP contribution in [0, 0.1) is 5.82 Å². The minimum atomic E-state index is -0.205. The van der Waals surface area contributed by atoms with Gasteiger partial charge in [0, 0.05) is 24.0 Å². The summed E-state index contributed by atoms with van der Waals surface area (Å²) in [5.41, 5.74) is 2.54. The summed E-state index contributed by atoms with van der Waals surface area (Å²) in [5.74, 6) is -0.205. The lowest BCUT2D eigenvalue weighted by molar-refractivity contribution is 0.622. The zero-order valence-corrected chi connectivity index (χ0v) is 9.94. The van der Waals surface area contributed by atoms with Gasteiger partial charge in [0.25, 0.3) is 0 Å². The molecule has 1 unspecified atom stereocenters. The van der Waals surface area contributed by atoms with Gasteiger partial charge in [0.2, 0.25) is 0 Å². The van der Waals surface area contributed by atoms with Crippen molar-refractivity contribution in [2.24, 2.45) is 0 Å². The largest absolute Gasteiger partial charge is 0.313 e. The van der Waals surface area contributed by atoms with Gasteiger partial charge in [-0.2, -0.15) is 0 Å². The van der Waals surface area contributed by atoms with Gasteiger partial charge in [0.1, 0.15) is 5.82 Å². The molecule has 0 saturated heterocycles. The molecule has 1 aromatic heterocycles. The third-order valence-electron chi connectivity index (χ3n) is 2.91. The monoisotopic (exact) mass is 230 g/mol. The Labute approximate surface area is 101 Å². The number of benzene rings is 1. The maximum absolute atomic E-state index is 13.8. The van der Waals surface area contributed by atoms with Crippen molar-refractivity contribution in [1.82, 2.24) is 10.3 Å². The second-order valence-corrected chi connectivity index (χ2v) is 3.99. The van der Waals surface area contributed by atoms with Gasteiger partial charge >= 0.3 is 0 Å². The van der Waals surface area contributed by atoms with Gasteiger partial charge < -0.3 is 5.32 Å². The molecule has 0 aliphatic rings. The van der Waals surface area contributed by atoms with Crippen molar-refractivity contribution in [3.8, 4) is 11.1 Å². The second kappa shape index (κ2) is 5.06. The van der Waals surface area contributed by atoms with E-state index < -0.39 is 0 Å². The molecule has 3 heteroatoms. The van der Waals surface area contributed by atoms with Crippen LogP contribution in [0.5, 0.6) is 0 Å². The topological polar surface area (TPSA) is 24.9 Å². The van der Waals surface area contributed by atoms with Crippen LogP contribution in [-0.2, 0) is 0 Å². The van der Waals surface area contributed by atoms with Crippen LogP contribution in [0.3, 0.4) is 0 Å². The maximum Gasteiger partial charge on any atom is 0.131 e. The van der Waals surface area contributed by atoms with E-state index in [1.54, 1.807) is 18.5 Å². The Balaban J connectivity index is 2.47. The molecule has 88 valence electrons. The second-order valence-electron chi connectivity index (χ2n) is 3.99. The number of nitrogens with one attached hydrogen (secondary N) is 1. The summed E-state index contributed by atoms with van der Waals surface area (Å²) in [6.07, 6.45) is 3.34. The van der Waals surface area contributed by atoms with Crippen molar-refractivity contribution in [1.29, 1.82) is 0 Å². The van der Waals surface area contributed by atoms with E-state index in [2.05, 4.69) is 10.3 Å². The number of pyridine rings is 1. The molecule has 1 N–H and O–H groups in total. The Bertz CT molecular complexity index is 497. The quantitative estimate of drug-likeness (QED) is 0.876. The minimum Gasteiger partial charge on any atom is -0.313 e. The SMILES string of the molecule is CNC(C)c1ccc(F)c(-c2ccncc2)c1. The standard InChI is InChI=1S/C14H15FN2/c1-10(16-2)12-3-4-14(15)13(9-12)11-5-7-17-8-6-11/h3-10,16H,1-2H3. The first-order valence-corrected chi connectivity index (χ1v) is 5.59. The van der Waals surface area contributed by atoms with E-state index in [0.717, 1.165) is 11.1 Å². The summed E-state index contributed by atoms with van der Waals surface area (Å²) >= 11 is 0. The van der Waals surface area contributed by atoms with Crippen molar-refractivity contribution >= 4 is 0 Å². The molecule has 0 bridgehead atoms. The molecule has 1 aromatic carbocycles. The highest BCUT2D eigenvalue weighted by Gasteiger charge is 2.09. The average Bonchev–Trinajstić information content (AvgIpc) is 2.39. The predicted molar refractivity (Wildman–Crippen MR) is 67.1 cm³/mol. The highest BCUT2D eigenvalue weighted by Crippen LogP contribution is 2.25. The average molecular weight is 230 g/mol. The fourth-order valence-electron chi connectivity index (χ4n) is 1.73. The van der Waals surface area contributed by atoms with E-state index in [9.17, 15) is 4.39 Å². The van der Waals surface area contributed by atoms with E-state index in [1.807, 2.05) is 32.2 Å². The smallest absolute Gasteiger partial charge is 0.131 e. The predicted octanol–water partition coefficient (Wildman–Crippen LogP) is 3.17. The Morgan fingerprint density at radius 2 is 1.88 bits per heavy atom. The Morgan fingerprint density at radius 3 is 2.53 bits per heavy atom. The van der Waals surface area contributed by atoms with E-state index in [4.69, 9.17) is 0 Å². The molecular weight excluding hydrogens is 215 g/mol. The van der Waals surface area contributed by atoms with Gasteiger partial charge in [0.15, 0.2) is 0 Å². The maximum atomic E-state index is 13.8. The molecule has 2 nitrogen and oxygen atoms in total. The Morgan fingerprint density at radius 1 is 1.18 bits per heavy atom. The Hall–Kier alpha value is -1.74.